The highest BCUT2D eigenvalue weighted by molar-refractivity contribution is 5.94. The molecule has 1 aromatic rings. The fraction of sp³-hybridized carbons (Fsp3) is 0.625. The van der Waals surface area contributed by atoms with Gasteiger partial charge in [-0.05, 0) is 25.0 Å². The third kappa shape index (κ3) is 6.58. The van der Waals surface area contributed by atoms with E-state index in [0.717, 1.165) is 25.1 Å². The van der Waals surface area contributed by atoms with Gasteiger partial charge in [-0.1, -0.05) is 46.0 Å². The van der Waals surface area contributed by atoms with Crippen LogP contribution in [0.4, 0.5) is 5.82 Å². The van der Waals surface area contributed by atoms with Crippen molar-refractivity contribution in [1.82, 2.24) is 10.3 Å². The Morgan fingerprint density at radius 3 is 2.52 bits per heavy atom. The van der Waals surface area contributed by atoms with Gasteiger partial charge in [0.2, 0.25) is 0 Å². The zero-order chi connectivity index (χ0) is 15.5. The fourth-order valence-corrected chi connectivity index (χ4v) is 2.18. The van der Waals surface area contributed by atoms with E-state index < -0.39 is 0 Å². The van der Waals surface area contributed by atoms with Crippen LogP contribution < -0.4 is 16.6 Å². The van der Waals surface area contributed by atoms with Crippen molar-refractivity contribution in [3.8, 4) is 0 Å². The maximum absolute atomic E-state index is 12.1. The molecule has 1 rings (SSSR count). The number of aromatic nitrogens is 1. The Morgan fingerprint density at radius 2 is 1.86 bits per heavy atom. The van der Waals surface area contributed by atoms with Crippen LogP contribution >= 0.6 is 0 Å². The summed E-state index contributed by atoms with van der Waals surface area (Å²) in [4.78, 5) is 16.4. The number of amides is 1. The quantitative estimate of drug-likeness (QED) is 0.352. The van der Waals surface area contributed by atoms with Gasteiger partial charge in [0.1, 0.15) is 5.82 Å². The number of pyridine rings is 1. The maximum atomic E-state index is 12.1. The summed E-state index contributed by atoms with van der Waals surface area (Å²) in [7, 11) is 0. The first-order chi connectivity index (χ1) is 10.2. The number of nitrogens with two attached hydrogens (primary N) is 1. The van der Waals surface area contributed by atoms with Crippen LogP contribution in [-0.4, -0.2) is 17.4 Å². The van der Waals surface area contributed by atoms with Gasteiger partial charge in [0.15, 0.2) is 0 Å². The van der Waals surface area contributed by atoms with Gasteiger partial charge in [-0.15, -0.1) is 0 Å². The van der Waals surface area contributed by atoms with Crippen LogP contribution in [0.3, 0.4) is 0 Å². The molecule has 0 aliphatic carbocycles. The number of hydrogen-bond acceptors (Lipinski definition) is 4. The Balaban J connectivity index is 2.38. The van der Waals surface area contributed by atoms with Gasteiger partial charge in [0, 0.05) is 17.8 Å². The molecule has 5 heteroatoms. The third-order valence-corrected chi connectivity index (χ3v) is 3.47. The second-order valence-corrected chi connectivity index (χ2v) is 5.25. The second kappa shape index (κ2) is 10.2. The summed E-state index contributed by atoms with van der Waals surface area (Å²) in [5.74, 6) is 5.85. The van der Waals surface area contributed by atoms with E-state index >= 15 is 0 Å². The van der Waals surface area contributed by atoms with E-state index in [0.29, 0.717) is 11.4 Å². The first-order valence-electron chi connectivity index (χ1n) is 7.97. The molecule has 21 heavy (non-hydrogen) atoms. The van der Waals surface area contributed by atoms with Gasteiger partial charge in [0.25, 0.3) is 5.91 Å². The predicted molar refractivity (Wildman–Crippen MR) is 87.1 cm³/mol. The second-order valence-electron chi connectivity index (χ2n) is 5.25. The van der Waals surface area contributed by atoms with Crippen LogP contribution in [0.15, 0.2) is 12.1 Å². The molecule has 5 nitrogen and oxygen atoms in total. The molecule has 0 aromatic carbocycles. The van der Waals surface area contributed by atoms with Crippen LogP contribution in [0.25, 0.3) is 0 Å². The van der Waals surface area contributed by atoms with E-state index in [1.807, 2.05) is 13.0 Å². The zero-order valence-corrected chi connectivity index (χ0v) is 13.2. The minimum atomic E-state index is -0.0582. The van der Waals surface area contributed by atoms with Crippen molar-refractivity contribution in [3.05, 3.63) is 23.4 Å². The number of nitrogen functional groups attached to an aromatic ring is 1. The summed E-state index contributed by atoms with van der Waals surface area (Å²) in [5, 5.41) is 2.96. The Kier molecular flexibility index (Phi) is 8.43. The molecule has 0 unspecified atom stereocenters. The molecule has 0 radical (unpaired) electrons. The van der Waals surface area contributed by atoms with Crippen molar-refractivity contribution in [2.45, 2.75) is 58.8 Å². The van der Waals surface area contributed by atoms with E-state index in [-0.39, 0.29) is 5.91 Å². The van der Waals surface area contributed by atoms with Gasteiger partial charge in [-0.25, -0.2) is 10.8 Å². The number of hydrazine groups is 1. The standard InChI is InChI=1S/C16H28N4O/c1-3-5-6-7-8-9-10-18-16(21)13-11-14(4-2)19-15(12-13)20-17/h11-12H,3-10,17H2,1-2H3,(H,18,21)(H,19,20). The Labute approximate surface area is 127 Å². The number of anilines is 1. The van der Waals surface area contributed by atoms with E-state index in [2.05, 4.69) is 22.7 Å². The smallest absolute Gasteiger partial charge is 0.251 e. The molecule has 0 saturated heterocycles. The highest BCUT2D eigenvalue weighted by Crippen LogP contribution is 2.10. The normalized spacial score (nSPS) is 10.4. The summed E-state index contributed by atoms with van der Waals surface area (Å²) in [6, 6.07) is 3.49. The minimum Gasteiger partial charge on any atom is -0.352 e. The molecule has 118 valence electrons. The van der Waals surface area contributed by atoms with Crippen LogP contribution in [0.5, 0.6) is 0 Å². The zero-order valence-electron chi connectivity index (χ0n) is 13.2. The van der Waals surface area contributed by atoms with Crippen LogP contribution in [-0.2, 0) is 6.42 Å². The molecule has 0 aliphatic heterocycles. The lowest BCUT2D eigenvalue weighted by Gasteiger charge is -2.08. The molecule has 0 bridgehead atoms. The number of rotatable bonds is 10. The van der Waals surface area contributed by atoms with Gasteiger partial charge in [-0.3, -0.25) is 4.79 Å². The molecule has 0 aliphatic rings. The minimum absolute atomic E-state index is 0.0582. The number of aryl methyl sites for hydroxylation is 1. The van der Waals surface area contributed by atoms with E-state index in [4.69, 9.17) is 5.84 Å². The van der Waals surface area contributed by atoms with Crippen molar-refractivity contribution in [2.75, 3.05) is 12.0 Å². The van der Waals surface area contributed by atoms with Crippen molar-refractivity contribution in [2.24, 2.45) is 5.84 Å². The Bertz CT molecular complexity index is 412. The van der Waals surface area contributed by atoms with Crippen molar-refractivity contribution in [1.29, 1.82) is 0 Å². The van der Waals surface area contributed by atoms with E-state index in [9.17, 15) is 4.79 Å². The molecule has 0 atom stereocenters. The summed E-state index contributed by atoms with van der Waals surface area (Å²) >= 11 is 0. The largest absolute Gasteiger partial charge is 0.352 e. The summed E-state index contributed by atoms with van der Waals surface area (Å²) in [6.45, 7) is 4.94. The average molecular weight is 292 g/mol. The van der Waals surface area contributed by atoms with E-state index in [1.54, 1.807) is 6.07 Å². The maximum Gasteiger partial charge on any atom is 0.251 e. The van der Waals surface area contributed by atoms with Crippen LogP contribution in [0.2, 0.25) is 0 Å². The van der Waals surface area contributed by atoms with Crippen molar-refractivity contribution in [3.63, 3.8) is 0 Å². The lowest BCUT2D eigenvalue weighted by Crippen LogP contribution is -2.25. The summed E-state index contributed by atoms with van der Waals surface area (Å²) in [5.41, 5.74) is 3.97. The Hall–Kier alpha value is -1.62. The van der Waals surface area contributed by atoms with Crippen LogP contribution in [0.1, 0.15) is 68.4 Å². The topological polar surface area (TPSA) is 80.0 Å². The molecule has 1 heterocycles. The molecular formula is C16H28N4O. The molecule has 4 N–H and O–H groups in total. The predicted octanol–water partition coefficient (Wildman–Crippen LogP) is 3.02. The molecule has 0 saturated carbocycles. The SMILES string of the molecule is CCCCCCCCNC(=O)c1cc(CC)nc(NN)c1. The van der Waals surface area contributed by atoms with Gasteiger partial charge in [-0.2, -0.15) is 0 Å². The number of nitrogens with one attached hydrogen (secondary N) is 2. The van der Waals surface area contributed by atoms with Crippen molar-refractivity contribution >= 4 is 11.7 Å². The first-order valence-corrected chi connectivity index (χ1v) is 7.97. The fourth-order valence-electron chi connectivity index (χ4n) is 2.18. The average Bonchev–Trinajstić information content (AvgIpc) is 2.53. The summed E-state index contributed by atoms with van der Waals surface area (Å²) in [6.07, 6.45) is 8.08. The van der Waals surface area contributed by atoms with E-state index in [1.165, 1.54) is 32.1 Å². The van der Waals surface area contributed by atoms with Gasteiger partial charge >= 0.3 is 0 Å². The number of nitrogens with zero attached hydrogens (tertiary/aromatic N) is 1. The summed E-state index contributed by atoms with van der Waals surface area (Å²) < 4.78 is 0. The monoisotopic (exact) mass is 292 g/mol. The van der Waals surface area contributed by atoms with Gasteiger partial charge in [0.05, 0.1) is 0 Å². The highest BCUT2D eigenvalue weighted by Gasteiger charge is 2.08. The van der Waals surface area contributed by atoms with Crippen molar-refractivity contribution < 1.29 is 4.79 Å². The number of unbranched alkanes of at least 4 members (excludes halogenated alkanes) is 5. The highest BCUT2D eigenvalue weighted by atomic mass is 16.1. The van der Waals surface area contributed by atoms with Crippen LogP contribution in [0, 0.1) is 0 Å². The third-order valence-electron chi connectivity index (χ3n) is 3.47. The molecule has 0 fully saturated rings. The lowest BCUT2D eigenvalue weighted by molar-refractivity contribution is 0.0952. The van der Waals surface area contributed by atoms with Gasteiger partial charge < -0.3 is 10.7 Å². The molecule has 0 spiro atoms. The number of carbonyl (C=O) groups excluding carboxylic acids is 1. The molecule has 1 aromatic heterocycles. The number of hydrogen-bond donors (Lipinski definition) is 3. The first kappa shape index (κ1) is 17.4. The lowest BCUT2D eigenvalue weighted by atomic mass is 10.1. The number of carbonyl (C=O) groups is 1. The molecule has 1 amide bonds. The molecular weight excluding hydrogens is 264 g/mol. The Morgan fingerprint density at radius 1 is 1.14 bits per heavy atom.